The standard InChI is InChI=1S/C14H12BrClN2S/c1-2-10-11(12(16)14(15)19-10)13-8-5-3-4-6-9(8)17-7-18-13/h3-7,13H,2H2,1H3,(H,17,18). The molecule has 1 aromatic carbocycles. The second-order valence-corrected chi connectivity index (χ2v) is 7.10. The van der Waals surface area contributed by atoms with Crippen LogP contribution in [0, 0.1) is 0 Å². The summed E-state index contributed by atoms with van der Waals surface area (Å²) < 4.78 is 1.00. The minimum atomic E-state index is 0.0821. The van der Waals surface area contributed by atoms with Gasteiger partial charge in [-0.1, -0.05) is 36.7 Å². The van der Waals surface area contributed by atoms with Crippen LogP contribution >= 0.6 is 38.9 Å². The molecule has 0 bridgehead atoms. The normalized spacial score (nSPS) is 17.1. The number of aliphatic imine (C=N–C) groups is 1. The van der Waals surface area contributed by atoms with Gasteiger partial charge in [-0.15, -0.1) is 11.3 Å². The van der Waals surface area contributed by atoms with E-state index in [4.69, 9.17) is 11.6 Å². The molecular formula is C14H12BrClN2S. The molecule has 0 fully saturated rings. The SMILES string of the molecule is CCc1sc(Br)c(Cl)c1C1NC=Nc2ccccc21. The monoisotopic (exact) mass is 354 g/mol. The molecule has 0 saturated heterocycles. The van der Waals surface area contributed by atoms with Gasteiger partial charge in [-0.05, 0) is 28.4 Å². The molecule has 0 radical (unpaired) electrons. The van der Waals surface area contributed by atoms with Crippen LogP contribution in [0.4, 0.5) is 5.69 Å². The van der Waals surface area contributed by atoms with E-state index in [0.717, 1.165) is 20.9 Å². The van der Waals surface area contributed by atoms with Crippen LogP contribution in [0.1, 0.15) is 29.0 Å². The molecule has 1 aliphatic rings. The fourth-order valence-corrected chi connectivity index (χ4v) is 4.43. The van der Waals surface area contributed by atoms with Crippen molar-refractivity contribution in [1.29, 1.82) is 0 Å². The Morgan fingerprint density at radius 2 is 2.21 bits per heavy atom. The van der Waals surface area contributed by atoms with Crippen molar-refractivity contribution in [3.05, 3.63) is 49.1 Å². The summed E-state index contributed by atoms with van der Waals surface area (Å²) in [7, 11) is 0. The van der Waals surface area contributed by atoms with Gasteiger partial charge in [0, 0.05) is 16.0 Å². The van der Waals surface area contributed by atoms with Gasteiger partial charge >= 0.3 is 0 Å². The van der Waals surface area contributed by atoms with E-state index in [-0.39, 0.29) is 6.04 Å². The summed E-state index contributed by atoms with van der Waals surface area (Å²) in [6, 6.07) is 8.25. The van der Waals surface area contributed by atoms with Gasteiger partial charge in [0.2, 0.25) is 0 Å². The first-order chi connectivity index (χ1) is 9.22. The van der Waals surface area contributed by atoms with E-state index >= 15 is 0 Å². The third kappa shape index (κ3) is 2.22. The van der Waals surface area contributed by atoms with Crippen molar-refractivity contribution in [1.82, 2.24) is 5.32 Å². The smallest absolute Gasteiger partial charge is 0.0893 e. The van der Waals surface area contributed by atoms with Gasteiger partial charge in [-0.2, -0.15) is 0 Å². The van der Waals surface area contributed by atoms with Crippen molar-refractivity contribution in [3.8, 4) is 0 Å². The summed E-state index contributed by atoms with van der Waals surface area (Å²) in [5.41, 5.74) is 3.35. The summed E-state index contributed by atoms with van der Waals surface area (Å²) >= 11 is 11.7. The Balaban J connectivity index is 2.16. The van der Waals surface area contributed by atoms with Gasteiger partial charge < -0.3 is 5.32 Å². The topological polar surface area (TPSA) is 24.4 Å². The molecule has 0 aliphatic carbocycles. The van der Waals surface area contributed by atoms with Crippen LogP contribution in [0.25, 0.3) is 0 Å². The Labute approximate surface area is 129 Å². The third-order valence-electron chi connectivity index (χ3n) is 3.22. The number of thiophene rings is 1. The molecule has 0 spiro atoms. The van der Waals surface area contributed by atoms with Crippen molar-refractivity contribution < 1.29 is 0 Å². The van der Waals surface area contributed by atoms with Crippen LogP contribution in [-0.2, 0) is 6.42 Å². The zero-order valence-corrected chi connectivity index (χ0v) is 13.4. The zero-order chi connectivity index (χ0) is 13.4. The summed E-state index contributed by atoms with van der Waals surface area (Å²) in [4.78, 5) is 5.68. The van der Waals surface area contributed by atoms with E-state index in [0.29, 0.717) is 0 Å². The average molecular weight is 356 g/mol. The highest BCUT2D eigenvalue weighted by Crippen LogP contribution is 2.44. The maximum atomic E-state index is 6.47. The van der Waals surface area contributed by atoms with Crippen LogP contribution in [0.5, 0.6) is 0 Å². The fraction of sp³-hybridized carbons (Fsp3) is 0.214. The number of halogens is 2. The predicted octanol–water partition coefficient (Wildman–Crippen LogP) is 5.08. The zero-order valence-electron chi connectivity index (χ0n) is 10.3. The Bertz CT molecular complexity index is 651. The Morgan fingerprint density at radius 3 is 3.00 bits per heavy atom. The second kappa shape index (κ2) is 5.27. The molecule has 1 atom stereocenters. The van der Waals surface area contributed by atoms with Gasteiger partial charge in [0.1, 0.15) is 0 Å². The minimum Gasteiger partial charge on any atom is -0.365 e. The summed E-state index contributed by atoms with van der Waals surface area (Å²) in [5.74, 6) is 0. The maximum Gasteiger partial charge on any atom is 0.0893 e. The minimum absolute atomic E-state index is 0.0821. The molecule has 2 nitrogen and oxygen atoms in total. The first-order valence-electron chi connectivity index (χ1n) is 6.06. The largest absolute Gasteiger partial charge is 0.365 e. The molecule has 5 heteroatoms. The van der Waals surface area contributed by atoms with Crippen molar-refractivity contribution in [3.63, 3.8) is 0 Å². The number of rotatable bonds is 2. The van der Waals surface area contributed by atoms with E-state index in [9.17, 15) is 0 Å². The van der Waals surface area contributed by atoms with Crippen LogP contribution < -0.4 is 5.32 Å². The highest BCUT2D eigenvalue weighted by Gasteiger charge is 2.26. The van der Waals surface area contributed by atoms with Gasteiger partial charge in [-0.3, -0.25) is 0 Å². The van der Waals surface area contributed by atoms with Crippen LogP contribution in [0.15, 0.2) is 33.0 Å². The molecule has 3 rings (SSSR count). The van der Waals surface area contributed by atoms with Crippen molar-refractivity contribution in [2.75, 3.05) is 0 Å². The van der Waals surface area contributed by atoms with Crippen molar-refractivity contribution in [2.45, 2.75) is 19.4 Å². The molecule has 1 unspecified atom stereocenters. The van der Waals surface area contributed by atoms with Crippen LogP contribution in [0.2, 0.25) is 5.02 Å². The number of nitrogens with zero attached hydrogens (tertiary/aromatic N) is 1. The van der Waals surface area contributed by atoms with E-state index in [2.05, 4.69) is 39.2 Å². The fourth-order valence-electron chi connectivity index (χ4n) is 2.35. The molecule has 1 N–H and O–H groups in total. The maximum absolute atomic E-state index is 6.47. The Morgan fingerprint density at radius 1 is 1.42 bits per heavy atom. The first-order valence-corrected chi connectivity index (χ1v) is 8.05. The van der Waals surface area contributed by atoms with E-state index in [1.165, 1.54) is 16.0 Å². The number of benzene rings is 1. The van der Waals surface area contributed by atoms with Crippen molar-refractivity contribution in [2.24, 2.45) is 4.99 Å². The summed E-state index contributed by atoms with van der Waals surface area (Å²) in [6.07, 6.45) is 2.73. The second-order valence-electron chi connectivity index (χ2n) is 4.30. The van der Waals surface area contributed by atoms with Gasteiger partial charge in [-0.25, -0.2) is 4.99 Å². The lowest BCUT2D eigenvalue weighted by molar-refractivity contribution is 0.756. The first kappa shape index (κ1) is 13.2. The average Bonchev–Trinajstić information content (AvgIpc) is 2.74. The highest BCUT2D eigenvalue weighted by molar-refractivity contribution is 9.11. The van der Waals surface area contributed by atoms with E-state index in [1.54, 1.807) is 17.7 Å². The molecule has 0 saturated carbocycles. The Hall–Kier alpha value is -0.840. The molecule has 98 valence electrons. The third-order valence-corrected chi connectivity index (χ3v) is 5.98. The summed E-state index contributed by atoms with van der Waals surface area (Å²) in [6.45, 7) is 2.15. The number of hydrogen-bond donors (Lipinski definition) is 1. The van der Waals surface area contributed by atoms with Gasteiger partial charge in [0.25, 0.3) is 0 Å². The van der Waals surface area contributed by atoms with Gasteiger partial charge in [0.05, 0.1) is 26.9 Å². The number of hydrogen-bond acceptors (Lipinski definition) is 3. The lowest BCUT2D eigenvalue weighted by atomic mass is 9.96. The lowest BCUT2D eigenvalue weighted by Gasteiger charge is -2.23. The van der Waals surface area contributed by atoms with Gasteiger partial charge in [0.15, 0.2) is 0 Å². The quantitative estimate of drug-likeness (QED) is 0.798. The number of nitrogens with one attached hydrogen (secondary N) is 1. The van der Waals surface area contributed by atoms with E-state index in [1.807, 2.05) is 18.2 Å². The van der Waals surface area contributed by atoms with Crippen LogP contribution in [-0.4, -0.2) is 6.34 Å². The Kier molecular flexibility index (Phi) is 3.65. The molecule has 2 aromatic rings. The lowest BCUT2D eigenvalue weighted by Crippen LogP contribution is -2.24. The number of aryl methyl sites for hydroxylation is 1. The molecule has 1 aliphatic heterocycles. The molecular weight excluding hydrogens is 344 g/mol. The van der Waals surface area contributed by atoms with Crippen molar-refractivity contribution >= 4 is 50.9 Å². The predicted molar refractivity (Wildman–Crippen MR) is 86.0 cm³/mol. The summed E-state index contributed by atoms with van der Waals surface area (Å²) in [5, 5.41) is 4.14. The molecule has 19 heavy (non-hydrogen) atoms. The van der Waals surface area contributed by atoms with Crippen LogP contribution in [0.3, 0.4) is 0 Å². The number of para-hydroxylation sites is 1. The number of fused-ring (bicyclic) bond motifs is 1. The molecule has 2 heterocycles. The van der Waals surface area contributed by atoms with E-state index < -0.39 is 0 Å². The highest BCUT2D eigenvalue weighted by atomic mass is 79.9. The molecule has 1 aromatic heterocycles. The molecule has 0 amide bonds.